The Labute approximate surface area is 143 Å². The summed E-state index contributed by atoms with van der Waals surface area (Å²) in [6, 6.07) is 9.93. The standard InChI is InChI=1S/C17H15ClF2N2O2/c1-11(23)22(9-12-2-4-13(18)5-3-12)10-17(24)21-14-6-7-15(19)16(20)8-14/h2-8H,9-10H2,1H3,(H,21,24). The molecule has 0 spiro atoms. The van der Waals surface area contributed by atoms with Crippen LogP contribution in [0.3, 0.4) is 0 Å². The van der Waals surface area contributed by atoms with Crippen molar-refractivity contribution in [2.75, 3.05) is 11.9 Å². The van der Waals surface area contributed by atoms with Crippen LogP contribution in [0.5, 0.6) is 0 Å². The number of halogens is 3. The molecule has 24 heavy (non-hydrogen) atoms. The van der Waals surface area contributed by atoms with Gasteiger partial charge in [0.1, 0.15) is 6.54 Å². The van der Waals surface area contributed by atoms with Crippen LogP contribution < -0.4 is 5.32 Å². The molecule has 126 valence electrons. The molecule has 0 aliphatic rings. The Bertz CT molecular complexity index is 751. The van der Waals surface area contributed by atoms with Crippen LogP contribution >= 0.6 is 11.6 Å². The average Bonchev–Trinajstić information content (AvgIpc) is 2.52. The lowest BCUT2D eigenvalue weighted by atomic mass is 10.2. The Morgan fingerprint density at radius 2 is 1.75 bits per heavy atom. The van der Waals surface area contributed by atoms with Crippen LogP contribution in [0.2, 0.25) is 5.02 Å². The van der Waals surface area contributed by atoms with E-state index in [1.54, 1.807) is 24.3 Å². The highest BCUT2D eigenvalue weighted by molar-refractivity contribution is 6.30. The number of nitrogens with one attached hydrogen (secondary N) is 1. The molecule has 0 saturated carbocycles. The Morgan fingerprint density at radius 1 is 1.08 bits per heavy atom. The largest absolute Gasteiger partial charge is 0.329 e. The quantitative estimate of drug-likeness (QED) is 0.893. The monoisotopic (exact) mass is 352 g/mol. The number of hydrogen-bond acceptors (Lipinski definition) is 2. The first kappa shape index (κ1) is 17.9. The van der Waals surface area contributed by atoms with Crippen molar-refractivity contribution in [3.05, 3.63) is 64.7 Å². The van der Waals surface area contributed by atoms with Crippen molar-refractivity contribution in [1.82, 2.24) is 4.90 Å². The van der Waals surface area contributed by atoms with Crippen molar-refractivity contribution >= 4 is 29.1 Å². The SMILES string of the molecule is CC(=O)N(CC(=O)Nc1ccc(F)c(F)c1)Cc1ccc(Cl)cc1. The van der Waals surface area contributed by atoms with Gasteiger partial charge in [0.15, 0.2) is 11.6 Å². The van der Waals surface area contributed by atoms with E-state index in [-0.39, 0.29) is 24.7 Å². The Morgan fingerprint density at radius 3 is 2.33 bits per heavy atom. The van der Waals surface area contributed by atoms with Crippen LogP contribution in [0.15, 0.2) is 42.5 Å². The molecule has 0 unspecified atom stereocenters. The number of rotatable bonds is 5. The second-order valence-corrected chi connectivity index (χ2v) is 5.62. The van der Waals surface area contributed by atoms with Crippen molar-refractivity contribution in [3.8, 4) is 0 Å². The minimum atomic E-state index is -1.06. The molecule has 0 radical (unpaired) electrons. The number of benzene rings is 2. The number of hydrogen-bond donors (Lipinski definition) is 1. The number of carbonyl (C=O) groups excluding carboxylic acids is 2. The Hall–Kier alpha value is -2.47. The van der Waals surface area contributed by atoms with E-state index in [2.05, 4.69) is 5.32 Å². The predicted octanol–water partition coefficient (Wildman–Crippen LogP) is 3.61. The van der Waals surface area contributed by atoms with Gasteiger partial charge in [0.25, 0.3) is 0 Å². The molecule has 0 heterocycles. The highest BCUT2D eigenvalue weighted by Crippen LogP contribution is 2.14. The fourth-order valence-corrected chi connectivity index (χ4v) is 2.16. The molecular weight excluding hydrogens is 338 g/mol. The van der Waals surface area contributed by atoms with Crippen molar-refractivity contribution in [1.29, 1.82) is 0 Å². The van der Waals surface area contributed by atoms with Gasteiger partial charge in [-0.25, -0.2) is 8.78 Å². The van der Waals surface area contributed by atoms with Gasteiger partial charge in [-0.3, -0.25) is 9.59 Å². The van der Waals surface area contributed by atoms with E-state index in [0.717, 1.165) is 17.7 Å². The van der Waals surface area contributed by atoms with Crippen LogP contribution in [-0.4, -0.2) is 23.3 Å². The van der Waals surface area contributed by atoms with E-state index >= 15 is 0 Å². The second kappa shape index (κ2) is 7.88. The summed E-state index contributed by atoms with van der Waals surface area (Å²) >= 11 is 5.81. The third-order valence-corrected chi connectivity index (χ3v) is 3.52. The molecule has 4 nitrogen and oxygen atoms in total. The lowest BCUT2D eigenvalue weighted by Gasteiger charge is -2.20. The number of nitrogens with zero attached hydrogens (tertiary/aromatic N) is 1. The van der Waals surface area contributed by atoms with Crippen molar-refractivity contribution in [2.24, 2.45) is 0 Å². The summed E-state index contributed by atoms with van der Waals surface area (Å²) < 4.78 is 26.0. The number of amides is 2. The van der Waals surface area contributed by atoms with E-state index in [4.69, 9.17) is 11.6 Å². The average molecular weight is 353 g/mol. The van der Waals surface area contributed by atoms with Gasteiger partial charge in [0.2, 0.25) is 11.8 Å². The van der Waals surface area contributed by atoms with E-state index in [1.807, 2.05) is 0 Å². The molecule has 0 aliphatic heterocycles. The predicted molar refractivity (Wildman–Crippen MR) is 87.5 cm³/mol. The van der Waals surface area contributed by atoms with E-state index in [9.17, 15) is 18.4 Å². The van der Waals surface area contributed by atoms with Crippen molar-refractivity contribution in [2.45, 2.75) is 13.5 Å². The van der Waals surface area contributed by atoms with Crippen molar-refractivity contribution < 1.29 is 18.4 Å². The third-order valence-electron chi connectivity index (χ3n) is 3.27. The van der Waals surface area contributed by atoms with Crippen molar-refractivity contribution in [3.63, 3.8) is 0 Å². The molecule has 7 heteroatoms. The molecule has 2 amide bonds. The van der Waals surface area contributed by atoms with Gasteiger partial charge in [-0.1, -0.05) is 23.7 Å². The molecular formula is C17H15ClF2N2O2. The Kier molecular flexibility index (Phi) is 5.87. The maximum absolute atomic E-state index is 13.1. The zero-order valence-electron chi connectivity index (χ0n) is 12.9. The first-order valence-corrected chi connectivity index (χ1v) is 7.48. The first-order valence-electron chi connectivity index (χ1n) is 7.10. The molecule has 0 fully saturated rings. The van der Waals surface area contributed by atoms with Gasteiger partial charge in [-0.05, 0) is 29.8 Å². The molecule has 1 N–H and O–H groups in total. The van der Waals surface area contributed by atoms with Gasteiger partial charge in [0, 0.05) is 30.2 Å². The number of carbonyl (C=O) groups is 2. The smallest absolute Gasteiger partial charge is 0.244 e. The summed E-state index contributed by atoms with van der Waals surface area (Å²) in [4.78, 5) is 25.1. The highest BCUT2D eigenvalue weighted by atomic mass is 35.5. The van der Waals surface area contributed by atoms with Gasteiger partial charge in [0.05, 0.1) is 0 Å². The molecule has 0 atom stereocenters. The molecule has 2 aromatic carbocycles. The van der Waals surface area contributed by atoms with Crippen LogP contribution in [0.4, 0.5) is 14.5 Å². The number of anilines is 1. The van der Waals surface area contributed by atoms with Crippen LogP contribution in [0, 0.1) is 11.6 Å². The first-order chi connectivity index (χ1) is 11.3. The third kappa shape index (κ3) is 5.03. The van der Waals surface area contributed by atoms with Crippen LogP contribution in [0.25, 0.3) is 0 Å². The van der Waals surface area contributed by atoms with Crippen LogP contribution in [0.1, 0.15) is 12.5 Å². The topological polar surface area (TPSA) is 49.4 Å². The fourth-order valence-electron chi connectivity index (χ4n) is 2.04. The molecule has 2 aromatic rings. The van der Waals surface area contributed by atoms with E-state index in [0.29, 0.717) is 5.02 Å². The summed E-state index contributed by atoms with van der Waals surface area (Å²) in [6.45, 7) is 1.37. The van der Waals surface area contributed by atoms with Gasteiger partial charge in [-0.2, -0.15) is 0 Å². The molecule has 0 saturated heterocycles. The van der Waals surface area contributed by atoms with E-state index in [1.165, 1.54) is 17.9 Å². The summed E-state index contributed by atoms with van der Waals surface area (Å²) in [6.07, 6.45) is 0. The minimum Gasteiger partial charge on any atom is -0.329 e. The van der Waals surface area contributed by atoms with Gasteiger partial charge in [-0.15, -0.1) is 0 Å². The normalized spacial score (nSPS) is 10.3. The lowest BCUT2D eigenvalue weighted by Crippen LogP contribution is -2.36. The zero-order chi connectivity index (χ0) is 17.7. The summed E-state index contributed by atoms with van der Waals surface area (Å²) in [5, 5.41) is 3.00. The van der Waals surface area contributed by atoms with E-state index < -0.39 is 17.5 Å². The maximum atomic E-state index is 13.1. The zero-order valence-corrected chi connectivity index (χ0v) is 13.6. The minimum absolute atomic E-state index is 0.119. The van der Waals surface area contributed by atoms with Crippen LogP contribution in [-0.2, 0) is 16.1 Å². The Balaban J connectivity index is 2.01. The van der Waals surface area contributed by atoms with Gasteiger partial charge >= 0.3 is 0 Å². The molecule has 2 rings (SSSR count). The van der Waals surface area contributed by atoms with Gasteiger partial charge < -0.3 is 10.2 Å². The summed E-state index contributed by atoms with van der Waals surface area (Å²) in [5.41, 5.74) is 0.934. The molecule has 0 bridgehead atoms. The second-order valence-electron chi connectivity index (χ2n) is 5.18. The highest BCUT2D eigenvalue weighted by Gasteiger charge is 2.15. The fraction of sp³-hybridized carbons (Fsp3) is 0.176. The lowest BCUT2D eigenvalue weighted by molar-refractivity contribution is -0.133. The summed E-state index contributed by atoms with van der Waals surface area (Å²) in [5.74, 6) is -2.85. The maximum Gasteiger partial charge on any atom is 0.244 e. The summed E-state index contributed by atoms with van der Waals surface area (Å²) in [7, 11) is 0. The molecule has 0 aromatic heterocycles. The molecule has 0 aliphatic carbocycles.